The van der Waals surface area contributed by atoms with E-state index in [1.807, 2.05) is 0 Å². The molecule has 1 unspecified atom stereocenters. The molecule has 0 aliphatic carbocycles. The zero-order valence-corrected chi connectivity index (χ0v) is 16.2. The van der Waals surface area contributed by atoms with Crippen LogP contribution in [0.2, 0.25) is 0 Å². The van der Waals surface area contributed by atoms with Gasteiger partial charge in [0.2, 0.25) is 0 Å². The van der Waals surface area contributed by atoms with Crippen LogP contribution in [0.1, 0.15) is 62.0 Å². The van der Waals surface area contributed by atoms with Gasteiger partial charge >= 0.3 is 0 Å². The smallest absolute Gasteiger partial charge is 0.129 e. The number of rotatable bonds is 4. The molecule has 0 bridgehead atoms. The number of fused-ring (bicyclic) bond motifs is 2. The minimum absolute atomic E-state index is 0.360. The second kappa shape index (κ2) is 7.26. The summed E-state index contributed by atoms with van der Waals surface area (Å²) < 4.78 is 0. The summed E-state index contributed by atoms with van der Waals surface area (Å²) in [6.45, 7) is 7.85. The van der Waals surface area contributed by atoms with Crippen LogP contribution in [-0.4, -0.2) is 22.6 Å². The predicted octanol–water partition coefficient (Wildman–Crippen LogP) is 4.56. The lowest BCUT2D eigenvalue weighted by Gasteiger charge is -2.29. The number of aromatic nitrogens is 2. The summed E-state index contributed by atoms with van der Waals surface area (Å²) in [5, 5.41) is 7.10. The van der Waals surface area contributed by atoms with Crippen molar-refractivity contribution in [1.82, 2.24) is 9.97 Å². The van der Waals surface area contributed by atoms with Crippen LogP contribution in [0.4, 0.5) is 11.6 Å². The molecule has 0 radical (unpaired) electrons. The Morgan fingerprint density at radius 1 is 1.00 bits per heavy atom. The Labute approximate surface area is 156 Å². The molecule has 2 aromatic rings. The monoisotopic (exact) mass is 350 g/mol. The fraction of sp³-hybridized carbons (Fsp3) is 0.545. The van der Waals surface area contributed by atoms with E-state index in [4.69, 9.17) is 9.97 Å². The third-order valence-electron chi connectivity index (χ3n) is 5.82. The number of hydrogen-bond acceptors (Lipinski definition) is 4. The van der Waals surface area contributed by atoms with E-state index in [2.05, 4.69) is 55.7 Å². The number of hydrogen-bond donors (Lipinski definition) is 2. The van der Waals surface area contributed by atoms with Gasteiger partial charge < -0.3 is 10.6 Å². The molecule has 2 aliphatic rings. The first-order valence-corrected chi connectivity index (χ1v) is 10.1. The van der Waals surface area contributed by atoms with Crippen LogP contribution in [-0.2, 0) is 19.3 Å². The molecular formula is C22H30N4. The Hall–Kier alpha value is -2.10. The lowest BCUT2D eigenvalue weighted by molar-refractivity contribution is 0.480. The number of anilines is 2. The summed E-state index contributed by atoms with van der Waals surface area (Å²) in [5.41, 5.74) is 5.02. The Morgan fingerprint density at radius 2 is 1.81 bits per heavy atom. The van der Waals surface area contributed by atoms with E-state index in [0.29, 0.717) is 17.9 Å². The van der Waals surface area contributed by atoms with Crippen molar-refractivity contribution in [1.29, 1.82) is 0 Å². The summed E-state index contributed by atoms with van der Waals surface area (Å²) in [5.74, 6) is 3.18. The largest absolute Gasteiger partial charge is 0.370 e. The summed E-state index contributed by atoms with van der Waals surface area (Å²) >= 11 is 0. The molecule has 0 spiro atoms. The quantitative estimate of drug-likeness (QED) is 0.848. The van der Waals surface area contributed by atoms with Crippen LogP contribution in [0.15, 0.2) is 24.3 Å². The van der Waals surface area contributed by atoms with Crippen molar-refractivity contribution >= 4 is 11.6 Å². The van der Waals surface area contributed by atoms with Crippen LogP contribution >= 0.6 is 0 Å². The van der Waals surface area contributed by atoms with Gasteiger partial charge in [0.15, 0.2) is 0 Å². The van der Waals surface area contributed by atoms with Gasteiger partial charge in [0.05, 0.1) is 0 Å². The topological polar surface area (TPSA) is 49.8 Å². The maximum absolute atomic E-state index is 4.94. The van der Waals surface area contributed by atoms with Gasteiger partial charge in [-0.25, -0.2) is 9.97 Å². The predicted molar refractivity (Wildman–Crippen MR) is 108 cm³/mol. The van der Waals surface area contributed by atoms with E-state index >= 15 is 0 Å². The lowest BCUT2D eigenvalue weighted by atomic mass is 9.92. The average molecular weight is 351 g/mol. The maximum Gasteiger partial charge on any atom is 0.129 e. The van der Waals surface area contributed by atoms with Crippen molar-refractivity contribution in [3.63, 3.8) is 0 Å². The molecule has 0 fully saturated rings. The molecule has 4 heteroatoms. The zero-order chi connectivity index (χ0) is 18.1. The molecule has 0 saturated carbocycles. The third kappa shape index (κ3) is 3.55. The molecular weight excluding hydrogens is 320 g/mol. The second-order valence-electron chi connectivity index (χ2n) is 8.22. The highest BCUT2D eigenvalue weighted by Crippen LogP contribution is 2.28. The van der Waals surface area contributed by atoms with Crippen LogP contribution in [0.25, 0.3) is 0 Å². The highest BCUT2D eigenvalue weighted by atomic mass is 15.0. The molecule has 2 N–H and O–H groups in total. The standard InChI is InChI=1S/C22H30N4/c1-14(2)19-10-7-17-6-9-18(24-22(17)25-19)13-15(3)20-11-8-16-5-4-12-23-21(16)26-20/h6,8-9,11,14-15,19H,4-5,7,10,12-13H2,1-3H3,(H,23,26)(H,24,25)/t15-,19?/m1/s1. The first-order chi connectivity index (χ1) is 12.6. The second-order valence-corrected chi connectivity index (χ2v) is 8.22. The van der Waals surface area contributed by atoms with E-state index in [0.717, 1.165) is 48.8 Å². The van der Waals surface area contributed by atoms with Crippen LogP contribution < -0.4 is 10.6 Å². The Kier molecular flexibility index (Phi) is 4.84. The summed E-state index contributed by atoms with van der Waals surface area (Å²) in [6.07, 6.45) is 5.60. The van der Waals surface area contributed by atoms with Gasteiger partial charge in [-0.05, 0) is 61.3 Å². The SMILES string of the molecule is CC(C)C1CCc2ccc(C[C@@H](C)c3ccc4c(n3)NCCC4)nc2N1. The van der Waals surface area contributed by atoms with E-state index in [1.165, 1.54) is 24.0 Å². The highest BCUT2D eigenvalue weighted by molar-refractivity contribution is 5.49. The number of pyridine rings is 2. The lowest BCUT2D eigenvalue weighted by Crippen LogP contribution is -2.31. The van der Waals surface area contributed by atoms with Crippen molar-refractivity contribution < 1.29 is 0 Å². The van der Waals surface area contributed by atoms with Crippen molar-refractivity contribution in [3.8, 4) is 0 Å². The summed E-state index contributed by atoms with van der Waals surface area (Å²) in [4.78, 5) is 9.82. The molecule has 0 amide bonds. The molecule has 0 aromatic carbocycles. The minimum Gasteiger partial charge on any atom is -0.370 e. The molecule has 0 saturated heterocycles. The molecule has 2 atom stereocenters. The number of nitrogens with zero attached hydrogens (tertiary/aromatic N) is 2. The van der Waals surface area contributed by atoms with Crippen LogP contribution in [0, 0.1) is 5.92 Å². The number of aryl methyl sites for hydroxylation is 2. The average Bonchev–Trinajstić information content (AvgIpc) is 2.67. The molecule has 2 aromatic heterocycles. The molecule has 26 heavy (non-hydrogen) atoms. The fourth-order valence-electron chi connectivity index (χ4n) is 4.06. The first kappa shape index (κ1) is 17.3. The Morgan fingerprint density at radius 3 is 2.65 bits per heavy atom. The van der Waals surface area contributed by atoms with Gasteiger partial charge in [0, 0.05) is 29.9 Å². The third-order valence-corrected chi connectivity index (χ3v) is 5.82. The van der Waals surface area contributed by atoms with Gasteiger partial charge in [-0.2, -0.15) is 0 Å². The van der Waals surface area contributed by atoms with Crippen LogP contribution in [0.5, 0.6) is 0 Å². The molecule has 4 nitrogen and oxygen atoms in total. The van der Waals surface area contributed by atoms with Crippen molar-refractivity contribution in [2.24, 2.45) is 5.92 Å². The van der Waals surface area contributed by atoms with Gasteiger partial charge in [-0.1, -0.05) is 32.9 Å². The van der Waals surface area contributed by atoms with Gasteiger partial charge in [-0.15, -0.1) is 0 Å². The van der Waals surface area contributed by atoms with E-state index in [9.17, 15) is 0 Å². The van der Waals surface area contributed by atoms with Crippen LogP contribution in [0.3, 0.4) is 0 Å². The fourth-order valence-corrected chi connectivity index (χ4v) is 4.06. The van der Waals surface area contributed by atoms with Crippen molar-refractivity contribution in [3.05, 3.63) is 46.8 Å². The van der Waals surface area contributed by atoms with Gasteiger partial charge in [0.1, 0.15) is 11.6 Å². The molecule has 4 rings (SSSR count). The van der Waals surface area contributed by atoms with Gasteiger partial charge in [-0.3, -0.25) is 0 Å². The van der Waals surface area contributed by atoms with Crippen molar-refractivity contribution in [2.45, 2.75) is 64.8 Å². The van der Waals surface area contributed by atoms with E-state index < -0.39 is 0 Å². The molecule has 4 heterocycles. The highest BCUT2D eigenvalue weighted by Gasteiger charge is 2.22. The van der Waals surface area contributed by atoms with E-state index in [1.54, 1.807) is 0 Å². The summed E-state index contributed by atoms with van der Waals surface area (Å²) in [6, 6.07) is 9.44. The first-order valence-electron chi connectivity index (χ1n) is 10.1. The Balaban J connectivity index is 1.50. The maximum atomic E-state index is 4.94. The normalized spacial score (nSPS) is 19.9. The van der Waals surface area contributed by atoms with Gasteiger partial charge in [0.25, 0.3) is 0 Å². The summed E-state index contributed by atoms with van der Waals surface area (Å²) in [7, 11) is 0. The number of nitrogens with one attached hydrogen (secondary N) is 2. The zero-order valence-electron chi connectivity index (χ0n) is 16.2. The molecule has 138 valence electrons. The Bertz CT molecular complexity index is 784. The van der Waals surface area contributed by atoms with Crippen molar-refractivity contribution in [2.75, 3.05) is 17.2 Å². The molecule has 2 aliphatic heterocycles. The minimum atomic E-state index is 0.360. The van der Waals surface area contributed by atoms with E-state index in [-0.39, 0.29) is 0 Å².